The minimum atomic E-state index is -0.287. The summed E-state index contributed by atoms with van der Waals surface area (Å²) < 4.78 is 12.2. The molecule has 7 nitrogen and oxygen atoms in total. The van der Waals surface area contributed by atoms with E-state index in [0.29, 0.717) is 37.1 Å². The third-order valence-electron chi connectivity index (χ3n) is 7.13. The number of halogens is 3. The van der Waals surface area contributed by atoms with Gasteiger partial charge >= 0.3 is 0 Å². The summed E-state index contributed by atoms with van der Waals surface area (Å²) in [7, 11) is 1.56. The molecule has 0 saturated carbocycles. The van der Waals surface area contributed by atoms with E-state index < -0.39 is 0 Å². The van der Waals surface area contributed by atoms with Crippen LogP contribution in [0.2, 0.25) is 10.0 Å². The van der Waals surface area contributed by atoms with Crippen molar-refractivity contribution in [1.82, 2.24) is 10.3 Å². The molecule has 5 rings (SSSR count). The second-order valence-corrected chi connectivity index (χ2v) is 11.8. The molecule has 0 spiro atoms. The van der Waals surface area contributed by atoms with Crippen molar-refractivity contribution in [2.24, 2.45) is 5.10 Å². The standard InChI is InChI=1S/C33H31BrCl2N4O3/c1-42-31-18-24(17-29(34)32(31)43-22-26-11-12-27(35)19-30(26)36)20-37-38-33(41)25-9-7-23(8-10-25)21-39-13-15-40(16-14-39)28-5-3-2-4-6-28/h2-12,17-20H,13-16,21-22H2,1H3,(H,38,41)/b37-20-. The number of ether oxygens (including phenoxy) is 2. The zero-order chi connectivity index (χ0) is 30.2. The fourth-order valence-corrected chi connectivity index (χ4v) is 5.83. The van der Waals surface area contributed by atoms with E-state index in [9.17, 15) is 4.79 Å². The number of hydrazone groups is 1. The van der Waals surface area contributed by atoms with Crippen LogP contribution in [0.25, 0.3) is 0 Å². The van der Waals surface area contributed by atoms with Crippen LogP contribution in [0.15, 0.2) is 94.5 Å². The second kappa shape index (κ2) is 14.8. The molecule has 4 aromatic rings. The number of hydrogen-bond acceptors (Lipinski definition) is 6. The van der Waals surface area contributed by atoms with Gasteiger partial charge in [0.25, 0.3) is 5.91 Å². The van der Waals surface area contributed by atoms with Crippen LogP contribution < -0.4 is 19.8 Å². The number of para-hydroxylation sites is 1. The van der Waals surface area contributed by atoms with Crippen LogP contribution in [0, 0.1) is 0 Å². The largest absolute Gasteiger partial charge is 0.493 e. The summed E-state index contributed by atoms with van der Waals surface area (Å²) in [6.07, 6.45) is 1.55. The maximum absolute atomic E-state index is 12.7. The quantitative estimate of drug-likeness (QED) is 0.139. The Balaban J connectivity index is 1.12. The lowest BCUT2D eigenvalue weighted by Gasteiger charge is -2.36. The van der Waals surface area contributed by atoms with E-state index in [0.717, 1.165) is 38.3 Å². The number of methoxy groups -OCH3 is 1. The first kappa shape index (κ1) is 30.9. The molecule has 1 fully saturated rings. The summed E-state index contributed by atoms with van der Waals surface area (Å²) in [6.45, 7) is 5.08. The molecule has 0 unspecified atom stereocenters. The van der Waals surface area contributed by atoms with Gasteiger partial charge < -0.3 is 14.4 Å². The summed E-state index contributed by atoms with van der Waals surface area (Å²) in [5, 5.41) is 5.22. The Morgan fingerprint density at radius 2 is 1.72 bits per heavy atom. The van der Waals surface area contributed by atoms with Gasteiger partial charge in [0.2, 0.25) is 0 Å². The maximum Gasteiger partial charge on any atom is 0.271 e. The lowest BCUT2D eigenvalue weighted by molar-refractivity contribution is 0.0955. The summed E-state index contributed by atoms with van der Waals surface area (Å²) in [5.41, 5.74) is 7.09. The molecule has 1 saturated heterocycles. The van der Waals surface area contributed by atoms with Gasteiger partial charge in [-0.1, -0.05) is 59.6 Å². The normalized spacial score (nSPS) is 13.7. The molecule has 0 bridgehead atoms. The van der Waals surface area contributed by atoms with Gasteiger partial charge in [-0.15, -0.1) is 0 Å². The van der Waals surface area contributed by atoms with E-state index in [-0.39, 0.29) is 12.5 Å². The van der Waals surface area contributed by atoms with Gasteiger partial charge in [0.15, 0.2) is 11.5 Å². The fraction of sp³-hybridized carbons (Fsp3) is 0.212. The Hall–Kier alpha value is -3.56. The topological polar surface area (TPSA) is 66.4 Å². The first-order chi connectivity index (χ1) is 20.9. The van der Waals surface area contributed by atoms with Gasteiger partial charge in [-0.05, 0) is 75.6 Å². The van der Waals surface area contributed by atoms with E-state index in [1.165, 1.54) is 11.3 Å². The molecular formula is C33H31BrCl2N4O3. The molecule has 0 aliphatic carbocycles. The lowest BCUT2D eigenvalue weighted by Crippen LogP contribution is -2.45. The number of rotatable bonds is 10. The Morgan fingerprint density at radius 3 is 2.42 bits per heavy atom. The molecule has 1 amide bonds. The van der Waals surface area contributed by atoms with Crippen molar-refractivity contribution >= 4 is 56.9 Å². The van der Waals surface area contributed by atoms with Crippen LogP contribution >= 0.6 is 39.1 Å². The van der Waals surface area contributed by atoms with Crippen LogP contribution in [0.1, 0.15) is 27.0 Å². The number of amides is 1. The van der Waals surface area contributed by atoms with Crippen molar-refractivity contribution in [1.29, 1.82) is 0 Å². The number of carbonyl (C=O) groups is 1. The zero-order valence-corrected chi connectivity index (χ0v) is 26.7. The number of carbonyl (C=O) groups excluding carboxylic acids is 1. The number of nitrogens with one attached hydrogen (secondary N) is 1. The van der Waals surface area contributed by atoms with Crippen molar-refractivity contribution in [2.75, 3.05) is 38.2 Å². The number of piperazine rings is 1. The average Bonchev–Trinajstić information content (AvgIpc) is 3.02. The minimum Gasteiger partial charge on any atom is -0.493 e. The van der Waals surface area contributed by atoms with Gasteiger partial charge in [-0.2, -0.15) is 5.10 Å². The van der Waals surface area contributed by atoms with Gasteiger partial charge in [0, 0.05) is 59.6 Å². The Morgan fingerprint density at radius 1 is 0.977 bits per heavy atom. The van der Waals surface area contributed by atoms with Crippen LogP contribution in [0.5, 0.6) is 11.5 Å². The van der Waals surface area contributed by atoms with E-state index in [1.807, 2.05) is 42.5 Å². The number of nitrogens with zero attached hydrogens (tertiary/aromatic N) is 3. The summed E-state index contributed by atoms with van der Waals surface area (Å²) in [5.74, 6) is 0.738. The molecule has 4 aromatic carbocycles. The molecule has 43 heavy (non-hydrogen) atoms. The number of benzene rings is 4. The second-order valence-electron chi connectivity index (χ2n) is 10.1. The Bertz CT molecular complexity index is 1580. The zero-order valence-electron chi connectivity index (χ0n) is 23.6. The third-order valence-corrected chi connectivity index (χ3v) is 8.31. The van der Waals surface area contributed by atoms with Crippen molar-refractivity contribution in [3.63, 3.8) is 0 Å². The number of hydrogen-bond donors (Lipinski definition) is 1. The summed E-state index contributed by atoms with van der Waals surface area (Å²) in [6, 6.07) is 27.0. The highest BCUT2D eigenvalue weighted by molar-refractivity contribution is 9.10. The molecule has 1 N–H and O–H groups in total. The van der Waals surface area contributed by atoms with E-state index >= 15 is 0 Å². The highest BCUT2D eigenvalue weighted by Gasteiger charge is 2.17. The molecule has 0 atom stereocenters. The van der Waals surface area contributed by atoms with Crippen molar-refractivity contribution < 1.29 is 14.3 Å². The summed E-state index contributed by atoms with van der Waals surface area (Å²) in [4.78, 5) is 17.6. The molecule has 1 aliphatic rings. The first-order valence-corrected chi connectivity index (χ1v) is 15.3. The predicted molar refractivity (Wildman–Crippen MR) is 177 cm³/mol. The monoisotopic (exact) mass is 680 g/mol. The molecule has 1 aliphatic heterocycles. The first-order valence-electron chi connectivity index (χ1n) is 13.8. The fourth-order valence-electron chi connectivity index (χ4n) is 4.80. The van der Waals surface area contributed by atoms with Gasteiger partial charge in [-0.25, -0.2) is 5.43 Å². The van der Waals surface area contributed by atoms with Crippen LogP contribution in [-0.2, 0) is 13.2 Å². The SMILES string of the molecule is COc1cc(/C=N\NC(=O)c2ccc(CN3CCN(c4ccccc4)CC3)cc2)cc(Br)c1OCc1ccc(Cl)cc1Cl. The average molecular weight is 682 g/mol. The Kier molecular flexibility index (Phi) is 10.6. The van der Waals surface area contributed by atoms with Crippen LogP contribution in [0.4, 0.5) is 5.69 Å². The highest BCUT2D eigenvalue weighted by Crippen LogP contribution is 2.37. The summed E-state index contributed by atoms with van der Waals surface area (Å²) >= 11 is 15.8. The predicted octanol–water partition coefficient (Wildman–Crippen LogP) is 7.43. The van der Waals surface area contributed by atoms with Crippen LogP contribution in [0.3, 0.4) is 0 Å². The van der Waals surface area contributed by atoms with Crippen molar-refractivity contribution in [3.8, 4) is 11.5 Å². The molecule has 222 valence electrons. The van der Waals surface area contributed by atoms with Gasteiger partial charge in [0.1, 0.15) is 6.61 Å². The smallest absolute Gasteiger partial charge is 0.271 e. The van der Waals surface area contributed by atoms with E-state index in [4.69, 9.17) is 32.7 Å². The van der Waals surface area contributed by atoms with Crippen molar-refractivity contribution in [2.45, 2.75) is 13.2 Å². The highest BCUT2D eigenvalue weighted by atomic mass is 79.9. The molecule has 10 heteroatoms. The maximum atomic E-state index is 12.7. The van der Waals surface area contributed by atoms with Crippen LogP contribution in [-0.4, -0.2) is 50.3 Å². The van der Waals surface area contributed by atoms with Gasteiger partial charge in [0.05, 0.1) is 17.8 Å². The Labute approximate surface area is 270 Å². The lowest BCUT2D eigenvalue weighted by atomic mass is 10.1. The minimum absolute atomic E-state index is 0.234. The van der Waals surface area contributed by atoms with E-state index in [1.54, 1.807) is 31.5 Å². The molecular weight excluding hydrogens is 651 g/mol. The third kappa shape index (κ3) is 8.30. The van der Waals surface area contributed by atoms with Crippen molar-refractivity contribution in [3.05, 3.63) is 122 Å². The molecule has 0 radical (unpaired) electrons. The number of anilines is 1. The molecule has 0 aromatic heterocycles. The van der Waals surface area contributed by atoms with Gasteiger partial charge in [-0.3, -0.25) is 9.69 Å². The molecule has 1 heterocycles. The van der Waals surface area contributed by atoms with E-state index in [2.05, 4.69) is 60.5 Å².